The molecule has 128 valence electrons. The van der Waals surface area contributed by atoms with Gasteiger partial charge in [-0.1, -0.05) is 0 Å². The topological polar surface area (TPSA) is 55.9 Å². The zero-order chi connectivity index (χ0) is 16.7. The molecule has 0 aromatic heterocycles. The first-order valence-corrected chi connectivity index (χ1v) is 8.43. The van der Waals surface area contributed by atoms with Crippen LogP contribution in [0.2, 0.25) is 0 Å². The fraction of sp³-hybridized carbons (Fsp3) is 0.875. The number of amides is 2. The smallest absolute Gasteiger partial charge is 0.237 e. The van der Waals surface area contributed by atoms with Gasteiger partial charge in [-0.3, -0.25) is 19.4 Å². The quantitative estimate of drug-likeness (QED) is 0.739. The number of carbonyl (C=O) groups is 2. The van der Waals surface area contributed by atoms with Gasteiger partial charge in [-0.25, -0.2) is 0 Å². The molecule has 0 aromatic rings. The Balaban J connectivity index is 2.40. The Morgan fingerprint density at radius 2 is 1.59 bits per heavy atom. The third-order valence-corrected chi connectivity index (χ3v) is 4.24. The van der Waals surface area contributed by atoms with Gasteiger partial charge < -0.3 is 10.2 Å². The van der Waals surface area contributed by atoms with E-state index in [4.69, 9.17) is 0 Å². The van der Waals surface area contributed by atoms with Crippen LogP contribution in [0.25, 0.3) is 0 Å². The van der Waals surface area contributed by atoms with E-state index in [9.17, 15) is 9.59 Å². The highest BCUT2D eigenvalue weighted by Crippen LogP contribution is 2.07. The van der Waals surface area contributed by atoms with Crippen LogP contribution in [0.1, 0.15) is 34.6 Å². The van der Waals surface area contributed by atoms with Crippen LogP contribution >= 0.6 is 0 Å². The van der Waals surface area contributed by atoms with E-state index in [0.29, 0.717) is 6.54 Å². The number of nitrogens with zero attached hydrogens (tertiary/aromatic N) is 3. The van der Waals surface area contributed by atoms with Crippen LogP contribution < -0.4 is 5.32 Å². The predicted molar refractivity (Wildman–Crippen MR) is 88.7 cm³/mol. The van der Waals surface area contributed by atoms with Gasteiger partial charge in [0.15, 0.2) is 0 Å². The number of piperazine rings is 1. The second-order valence-electron chi connectivity index (χ2n) is 6.22. The van der Waals surface area contributed by atoms with Crippen molar-refractivity contribution in [2.45, 2.75) is 46.7 Å². The number of likely N-dealkylation sites (N-methyl/N-ethyl adjacent to an activating group) is 1. The molecule has 6 heteroatoms. The molecule has 1 aliphatic heterocycles. The lowest BCUT2D eigenvalue weighted by molar-refractivity contribution is -0.133. The normalized spacial score (nSPS) is 18.3. The molecule has 0 aromatic carbocycles. The van der Waals surface area contributed by atoms with E-state index in [-0.39, 0.29) is 23.9 Å². The van der Waals surface area contributed by atoms with Gasteiger partial charge in [-0.05, 0) is 34.6 Å². The fourth-order valence-corrected chi connectivity index (χ4v) is 2.75. The Kier molecular flexibility index (Phi) is 7.82. The van der Waals surface area contributed by atoms with Crippen LogP contribution in [-0.4, -0.2) is 84.4 Å². The minimum absolute atomic E-state index is 0.0858. The molecule has 0 bridgehead atoms. The first-order valence-electron chi connectivity index (χ1n) is 8.43. The molecule has 22 heavy (non-hydrogen) atoms. The van der Waals surface area contributed by atoms with Crippen molar-refractivity contribution in [1.82, 2.24) is 20.0 Å². The summed E-state index contributed by atoms with van der Waals surface area (Å²) in [7, 11) is 0. The Labute approximate surface area is 134 Å². The van der Waals surface area contributed by atoms with Gasteiger partial charge in [0.25, 0.3) is 0 Å². The van der Waals surface area contributed by atoms with E-state index in [1.165, 1.54) is 0 Å². The molecule has 1 aliphatic rings. The zero-order valence-corrected chi connectivity index (χ0v) is 14.8. The fourth-order valence-electron chi connectivity index (χ4n) is 2.75. The summed E-state index contributed by atoms with van der Waals surface area (Å²) in [5.41, 5.74) is 0. The maximum absolute atomic E-state index is 12.1. The summed E-state index contributed by atoms with van der Waals surface area (Å²) >= 11 is 0. The van der Waals surface area contributed by atoms with Crippen molar-refractivity contribution in [3.05, 3.63) is 0 Å². The molecule has 1 fully saturated rings. The van der Waals surface area contributed by atoms with Crippen molar-refractivity contribution >= 4 is 11.8 Å². The standard InChI is InChI=1S/C16H32N4O2/c1-6-19(7-2)15(21)12-18-8-10-20(11-9-18)14(5)16(22)17-13(3)4/h13-14H,6-12H2,1-5H3,(H,17,22). The summed E-state index contributed by atoms with van der Waals surface area (Å²) in [6, 6.07) is 0.0611. The molecule has 0 saturated carbocycles. The Morgan fingerprint density at radius 3 is 2.05 bits per heavy atom. The van der Waals surface area contributed by atoms with Crippen molar-refractivity contribution in [3.63, 3.8) is 0 Å². The summed E-state index contributed by atoms with van der Waals surface area (Å²) in [5, 5.41) is 2.96. The monoisotopic (exact) mass is 312 g/mol. The minimum atomic E-state index is -0.108. The summed E-state index contributed by atoms with van der Waals surface area (Å²) < 4.78 is 0. The summed E-state index contributed by atoms with van der Waals surface area (Å²) in [6.45, 7) is 15.3. The van der Waals surface area contributed by atoms with Crippen molar-refractivity contribution in [3.8, 4) is 0 Å². The molecular weight excluding hydrogens is 280 g/mol. The second-order valence-corrected chi connectivity index (χ2v) is 6.22. The van der Waals surface area contributed by atoms with Crippen LogP contribution in [0, 0.1) is 0 Å². The average Bonchev–Trinajstić information content (AvgIpc) is 2.47. The number of rotatable bonds is 7. The van der Waals surface area contributed by atoms with E-state index >= 15 is 0 Å². The molecule has 1 saturated heterocycles. The van der Waals surface area contributed by atoms with Gasteiger partial charge in [0, 0.05) is 45.3 Å². The molecule has 0 radical (unpaired) electrons. The highest BCUT2D eigenvalue weighted by molar-refractivity contribution is 5.81. The average molecular weight is 312 g/mol. The lowest BCUT2D eigenvalue weighted by Crippen LogP contribution is -2.55. The van der Waals surface area contributed by atoms with E-state index in [0.717, 1.165) is 39.3 Å². The molecule has 2 amide bonds. The van der Waals surface area contributed by atoms with Crippen molar-refractivity contribution in [2.24, 2.45) is 0 Å². The first kappa shape index (κ1) is 18.9. The van der Waals surface area contributed by atoms with Gasteiger partial charge in [0.1, 0.15) is 0 Å². The Morgan fingerprint density at radius 1 is 1.05 bits per heavy atom. The second kappa shape index (κ2) is 9.10. The number of carbonyl (C=O) groups excluding carboxylic acids is 2. The van der Waals surface area contributed by atoms with Crippen LogP contribution in [0.15, 0.2) is 0 Å². The van der Waals surface area contributed by atoms with Gasteiger partial charge in [0.05, 0.1) is 12.6 Å². The van der Waals surface area contributed by atoms with Crippen LogP contribution in [0.5, 0.6) is 0 Å². The lowest BCUT2D eigenvalue weighted by atomic mass is 10.2. The van der Waals surface area contributed by atoms with Crippen molar-refractivity contribution in [2.75, 3.05) is 45.8 Å². The van der Waals surface area contributed by atoms with E-state index in [2.05, 4.69) is 15.1 Å². The lowest BCUT2D eigenvalue weighted by Gasteiger charge is -2.37. The van der Waals surface area contributed by atoms with E-state index < -0.39 is 0 Å². The SMILES string of the molecule is CCN(CC)C(=O)CN1CCN(C(C)C(=O)NC(C)C)CC1. The molecule has 0 aliphatic carbocycles. The van der Waals surface area contributed by atoms with E-state index in [1.807, 2.05) is 39.5 Å². The van der Waals surface area contributed by atoms with Crippen LogP contribution in [0.4, 0.5) is 0 Å². The van der Waals surface area contributed by atoms with Crippen molar-refractivity contribution in [1.29, 1.82) is 0 Å². The molecular formula is C16H32N4O2. The Bertz CT molecular complexity index is 361. The third kappa shape index (κ3) is 5.57. The maximum atomic E-state index is 12.1. The van der Waals surface area contributed by atoms with Gasteiger partial charge >= 0.3 is 0 Å². The summed E-state index contributed by atoms with van der Waals surface area (Å²) in [6.07, 6.45) is 0. The maximum Gasteiger partial charge on any atom is 0.237 e. The number of hydrogen-bond donors (Lipinski definition) is 1. The van der Waals surface area contributed by atoms with Gasteiger partial charge in [0.2, 0.25) is 11.8 Å². The number of hydrogen-bond acceptors (Lipinski definition) is 4. The van der Waals surface area contributed by atoms with E-state index in [1.54, 1.807) is 0 Å². The molecule has 1 heterocycles. The Hall–Kier alpha value is -1.14. The highest BCUT2D eigenvalue weighted by Gasteiger charge is 2.26. The zero-order valence-electron chi connectivity index (χ0n) is 14.8. The summed E-state index contributed by atoms with van der Waals surface area (Å²) in [4.78, 5) is 30.4. The van der Waals surface area contributed by atoms with Crippen LogP contribution in [-0.2, 0) is 9.59 Å². The predicted octanol–water partition coefficient (Wildman–Crippen LogP) is 0.386. The van der Waals surface area contributed by atoms with Crippen molar-refractivity contribution < 1.29 is 9.59 Å². The largest absolute Gasteiger partial charge is 0.353 e. The van der Waals surface area contributed by atoms with Crippen LogP contribution in [0.3, 0.4) is 0 Å². The molecule has 6 nitrogen and oxygen atoms in total. The summed E-state index contributed by atoms with van der Waals surface area (Å²) in [5.74, 6) is 0.284. The molecule has 1 atom stereocenters. The third-order valence-electron chi connectivity index (χ3n) is 4.24. The van der Waals surface area contributed by atoms with Gasteiger partial charge in [-0.2, -0.15) is 0 Å². The molecule has 1 unspecified atom stereocenters. The number of nitrogens with one attached hydrogen (secondary N) is 1. The first-order chi connectivity index (χ1) is 10.4. The minimum Gasteiger partial charge on any atom is -0.353 e. The highest BCUT2D eigenvalue weighted by atomic mass is 16.2. The molecule has 1 rings (SSSR count). The molecule has 0 spiro atoms. The molecule has 1 N–H and O–H groups in total. The van der Waals surface area contributed by atoms with Gasteiger partial charge in [-0.15, -0.1) is 0 Å².